The lowest BCUT2D eigenvalue weighted by molar-refractivity contribution is 0.457. The minimum atomic E-state index is 0.630. The van der Waals surface area contributed by atoms with Crippen LogP contribution in [0, 0.1) is 12.8 Å². The van der Waals surface area contributed by atoms with Gasteiger partial charge in [-0.15, -0.1) is 0 Å². The molecule has 0 aromatic heterocycles. The maximum atomic E-state index is 3.70. The Morgan fingerprint density at radius 2 is 2.13 bits per heavy atom. The molecule has 0 bridgehead atoms. The van der Waals surface area contributed by atoms with Crippen LogP contribution in [0.3, 0.4) is 0 Å². The fourth-order valence-corrected chi connectivity index (χ4v) is 3.44. The Balaban J connectivity index is 2.08. The summed E-state index contributed by atoms with van der Waals surface area (Å²) < 4.78 is 1.31. The van der Waals surface area contributed by atoms with Gasteiger partial charge in [-0.3, -0.25) is 0 Å². The van der Waals surface area contributed by atoms with Gasteiger partial charge in [0.15, 0.2) is 0 Å². The van der Waals surface area contributed by atoms with Gasteiger partial charge < -0.3 is 5.32 Å². The van der Waals surface area contributed by atoms with E-state index in [1.807, 2.05) is 0 Å². The van der Waals surface area contributed by atoms with Crippen LogP contribution in [0.4, 0.5) is 0 Å². The van der Waals surface area contributed by atoms with E-state index in [0.29, 0.717) is 6.04 Å². The highest BCUT2D eigenvalue weighted by molar-refractivity contribution is 9.10. The van der Waals surface area contributed by atoms with Crippen molar-refractivity contribution in [1.29, 1.82) is 0 Å². The molecule has 1 nitrogen and oxygen atoms in total. The molecule has 0 amide bonds. The maximum absolute atomic E-state index is 3.70. The van der Waals surface area contributed by atoms with E-state index in [1.54, 1.807) is 5.56 Å². The Hall–Kier alpha value is -0.340. The summed E-state index contributed by atoms with van der Waals surface area (Å²) >= 11 is 3.70. The van der Waals surface area contributed by atoms with E-state index < -0.39 is 0 Å². The highest BCUT2D eigenvalue weighted by Crippen LogP contribution is 2.44. The molecule has 3 rings (SSSR count). The van der Waals surface area contributed by atoms with Crippen molar-refractivity contribution < 1.29 is 0 Å². The molecule has 2 heteroatoms. The van der Waals surface area contributed by atoms with Gasteiger partial charge in [-0.25, -0.2) is 0 Å². The van der Waals surface area contributed by atoms with Crippen molar-refractivity contribution in [3.8, 4) is 0 Å². The summed E-state index contributed by atoms with van der Waals surface area (Å²) in [6.45, 7) is 3.32. The van der Waals surface area contributed by atoms with Gasteiger partial charge in [0, 0.05) is 10.5 Å². The van der Waals surface area contributed by atoms with Crippen LogP contribution in [0.1, 0.15) is 35.6 Å². The molecule has 0 radical (unpaired) electrons. The molecule has 80 valence electrons. The van der Waals surface area contributed by atoms with Crippen LogP contribution in [0.2, 0.25) is 0 Å². The van der Waals surface area contributed by atoms with Gasteiger partial charge in [0.05, 0.1) is 0 Å². The summed E-state index contributed by atoms with van der Waals surface area (Å²) in [6, 6.07) is 5.24. The molecule has 1 aromatic carbocycles. The standard InChI is InChI=1S/C13H16BrN/c1-8-6-11-10(12(14)7-8)4-5-15-13(11)9-2-3-9/h6-7,9,13,15H,2-5H2,1H3. The molecule has 1 N–H and O–H groups in total. The fraction of sp³-hybridized carbons (Fsp3) is 0.538. The van der Waals surface area contributed by atoms with Crippen molar-refractivity contribution in [2.45, 2.75) is 32.2 Å². The molecular weight excluding hydrogens is 250 g/mol. The van der Waals surface area contributed by atoms with Gasteiger partial charge in [-0.2, -0.15) is 0 Å². The lowest BCUT2D eigenvalue weighted by Crippen LogP contribution is -2.31. The highest BCUT2D eigenvalue weighted by atomic mass is 79.9. The monoisotopic (exact) mass is 265 g/mol. The first kappa shape index (κ1) is 9.86. The van der Waals surface area contributed by atoms with Gasteiger partial charge in [0.1, 0.15) is 0 Å². The van der Waals surface area contributed by atoms with Gasteiger partial charge in [0.2, 0.25) is 0 Å². The summed E-state index contributed by atoms with van der Waals surface area (Å²) in [7, 11) is 0. The topological polar surface area (TPSA) is 12.0 Å². The SMILES string of the molecule is Cc1cc(Br)c2c(c1)C(C1CC1)NCC2. The van der Waals surface area contributed by atoms with Crippen LogP contribution in [0.5, 0.6) is 0 Å². The Bertz CT molecular complexity index is 396. The fourth-order valence-electron chi connectivity index (χ4n) is 2.65. The van der Waals surface area contributed by atoms with Crippen LogP contribution >= 0.6 is 15.9 Å². The molecular formula is C13H16BrN. The molecule has 1 unspecified atom stereocenters. The molecule has 1 aromatic rings. The molecule has 1 atom stereocenters. The predicted octanol–water partition coefficient (Wildman–Crippen LogP) is 3.35. The maximum Gasteiger partial charge on any atom is 0.0352 e. The highest BCUT2D eigenvalue weighted by Gasteiger charge is 2.35. The molecule has 1 saturated carbocycles. The van der Waals surface area contributed by atoms with E-state index in [4.69, 9.17) is 0 Å². The second kappa shape index (κ2) is 3.60. The second-order valence-corrected chi connectivity index (χ2v) is 5.69. The molecule has 0 saturated heterocycles. The molecule has 2 aliphatic rings. The van der Waals surface area contributed by atoms with Crippen molar-refractivity contribution in [3.05, 3.63) is 33.3 Å². The minimum Gasteiger partial charge on any atom is -0.309 e. The van der Waals surface area contributed by atoms with Gasteiger partial charge in [-0.1, -0.05) is 22.0 Å². The van der Waals surface area contributed by atoms with E-state index in [9.17, 15) is 0 Å². The summed E-state index contributed by atoms with van der Waals surface area (Å²) in [4.78, 5) is 0. The Labute approximate surface area is 99.4 Å². The Morgan fingerprint density at radius 3 is 2.87 bits per heavy atom. The molecule has 15 heavy (non-hydrogen) atoms. The molecule has 1 aliphatic heterocycles. The molecule has 1 fully saturated rings. The van der Waals surface area contributed by atoms with Gasteiger partial charge in [-0.05, 0) is 61.4 Å². The van der Waals surface area contributed by atoms with E-state index in [-0.39, 0.29) is 0 Å². The predicted molar refractivity (Wildman–Crippen MR) is 66.1 cm³/mol. The minimum absolute atomic E-state index is 0.630. The zero-order valence-electron chi connectivity index (χ0n) is 9.02. The third kappa shape index (κ3) is 1.74. The lowest BCUT2D eigenvalue weighted by atomic mass is 9.90. The van der Waals surface area contributed by atoms with Crippen LogP contribution in [0.15, 0.2) is 16.6 Å². The summed E-state index contributed by atoms with van der Waals surface area (Å²) in [5, 5.41) is 3.67. The zero-order valence-corrected chi connectivity index (χ0v) is 10.6. The van der Waals surface area contributed by atoms with Crippen molar-refractivity contribution in [2.75, 3.05) is 6.54 Å². The Kier molecular flexibility index (Phi) is 2.37. The lowest BCUT2D eigenvalue weighted by Gasteiger charge is -2.28. The van der Waals surface area contributed by atoms with Gasteiger partial charge >= 0.3 is 0 Å². The second-order valence-electron chi connectivity index (χ2n) is 4.83. The quantitative estimate of drug-likeness (QED) is 0.822. The summed E-state index contributed by atoms with van der Waals surface area (Å²) in [6.07, 6.45) is 3.98. The van der Waals surface area contributed by atoms with Crippen LogP contribution < -0.4 is 5.32 Å². The first-order chi connectivity index (χ1) is 7.25. The van der Waals surface area contributed by atoms with Gasteiger partial charge in [0.25, 0.3) is 0 Å². The summed E-state index contributed by atoms with van der Waals surface area (Å²) in [5.41, 5.74) is 4.46. The smallest absolute Gasteiger partial charge is 0.0352 e. The number of aryl methyl sites for hydroxylation is 1. The number of hydrogen-bond acceptors (Lipinski definition) is 1. The van der Waals surface area contributed by atoms with E-state index in [1.165, 1.54) is 34.9 Å². The molecule has 1 heterocycles. The third-order valence-corrected chi connectivity index (χ3v) is 4.25. The van der Waals surface area contributed by atoms with E-state index in [0.717, 1.165) is 12.5 Å². The van der Waals surface area contributed by atoms with Crippen molar-refractivity contribution in [2.24, 2.45) is 5.92 Å². The van der Waals surface area contributed by atoms with Crippen LogP contribution in [-0.2, 0) is 6.42 Å². The zero-order chi connectivity index (χ0) is 10.4. The molecule has 0 spiro atoms. The average molecular weight is 266 g/mol. The van der Waals surface area contributed by atoms with Crippen LogP contribution in [-0.4, -0.2) is 6.54 Å². The van der Waals surface area contributed by atoms with E-state index in [2.05, 4.69) is 40.3 Å². The first-order valence-corrected chi connectivity index (χ1v) is 6.57. The Morgan fingerprint density at radius 1 is 1.33 bits per heavy atom. The third-order valence-electron chi connectivity index (χ3n) is 3.54. The number of rotatable bonds is 1. The average Bonchev–Trinajstić information content (AvgIpc) is 3.00. The summed E-state index contributed by atoms with van der Waals surface area (Å²) in [5.74, 6) is 0.901. The van der Waals surface area contributed by atoms with Crippen molar-refractivity contribution >= 4 is 15.9 Å². The number of hydrogen-bond donors (Lipinski definition) is 1. The normalized spacial score (nSPS) is 25.1. The number of halogens is 1. The van der Waals surface area contributed by atoms with Crippen LogP contribution in [0.25, 0.3) is 0 Å². The largest absolute Gasteiger partial charge is 0.309 e. The number of fused-ring (bicyclic) bond motifs is 1. The molecule has 1 aliphatic carbocycles. The van der Waals surface area contributed by atoms with Crippen molar-refractivity contribution in [3.63, 3.8) is 0 Å². The number of nitrogens with one attached hydrogen (secondary N) is 1. The first-order valence-electron chi connectivity index (χ1n) is 5.78. The van der Waals surface area contributed by atoms with E-state index >= 15 is 0 Å². The number of benzene rings is 1. The van der Waals surface area contributed by atoms with Crippen molar-refractivity contribution in [1.82, 2.24) is 5.32 Å².